The number of methoxy groups -OCH3 is 1. The summed E-state index contributed by atoms with van der Waals surface area (Å²) in [6.07, 6.45) is 5.55. The third kappa shape index (κ3) is 3.85. The number of rotatable bonds is 6. The first kappa shape index (κ1) is 19.5. The van der Waals surface area contributed by atoms with Gasteiger partial charge in [0.2, 0.25) is 0 Å². The van der Waals surface area contributed by atoms with Crippen LogP contribution in [0.3, 0.4) is 0 Å². The molecule has 2 aromatic carbocycles. The van der Waals surface area contributed by atoms with E-state index in [9.17, 15) is 0 Å². The third-order valence-corrected chi connectivity index (χ3v) is 4.91. The quantitative estimate of drug-likeness (QED) is 0.474. The molecule has 4 rings (SSSR count). The van der Waals surface area contributed by atoms with Crippen LogP contribution >= 0.6 is 0 Å². The van der Waals surface area contributed by atoms with E-state index in [0.29, 0.717) is 23.8 Å². The number of aromatic nitrogens is 3. The minimum absolute atomic E-state index is 0.451. The number of nitrogen functional groups attached to an aromatic ring is 1. The Morgan fingerprint density at radius 1 is 1.07 bits per heavy atom. The van der Waals surface area contributed by atoms with Gasteiger partial charge in [0, 0.05) is 36.3 Å². The normalized spacial score (nSPS) is 10.8. The number of nitrogens with two attached hydrogens (primary N) is 1. The van der Waals surface area contributed by atoms with Crippen molar-refractivity contribution in [1.29, 1.82) is 0 Å². The van der Waals surface area contributed by atoms with Gasteiger partial charge in [-0.15, -0.1) is 0 Å². The van der Waals surface area contributed by atoms with Crippen LogP contribution in [0.4, 0.5) is 5.69 Å². The van der Waals surface area contributed by atoms with E-state index in [4.69, 9.17) is 20.2 Å². The average molecular weight is 400 g/mol. The van der Waals surface area contributed by atoms with E-state index in [1.807, 2.05) is 79.3 Å². The maximum atomic E-state index is 6.45. The van der Waals surface area contributed by atoms with Crippen molar-refractivity contribution in [2.75, 3.05) is 12.8 Å². The fourth-order valence-corrected chi connectivity index (χ4v) is 3.38. The molecule has 6 heteroatoms. The van der Waals surface area contributed by atoms with E-state index in [-0.39, 0.29) is 0 Å². The van der Waals surface area contributed by atoms with Crippen LogP contribution in [0.5, 0.6) is 11.5 Å². The number of ether oxygens (including phenoxy) is 2. The molecule has 2 aromatic heterocycles. The summed E-state index contributed by atoms with van der Waals surface area (Å²) in [6, 6.07) is 15.7. The summed E-state index contributed by atoms with van der Waals surface area (Å²) in [4.78, 5) is 8.93. The molecule has 0 fully saturated rings. The molecule has 0 aliphatic carbocycles. The van der Waals surface area contributed by atoms with Crippen LogP contribution in [0.2, 0.25) is 0 Å². The molecule has 0 spiro atoms. The highest BCUT2D eigenvalue weighted by molar-refractivity contribution is 5.73. The molecule has 4 aromatic rings. The molecule has 0 atom stereocenters. The van der Waals surface area contributed by atoms with Crippen molar-refractivity contribution in [3.63, 3.8) is 0 Å². The summed E-state index contributed by atoms with van der Waals surface area (Å²) in [5.41, 5.74) is 11.7. The first-order chi connectivity index (χ1) is 14.6. The molecule has 0 saturated carbocycles. The van der Waals surface area contributed by atoms with Gasteiger partial charge in [-0.3, -0.25) is 9.55 Å². The molecule has 0 radical (unpaired) electrons. The monoisotopic (exact) mass is 400 g/mol. The Kier molecular flexibility index (Phi) is 5.39. The van der Waals surface area contributed by atoms with E-state index in [1.54, 1.807) is 13.3 Å². The average Bonchev–Trinajstić information content (AvgIpc) is 3.15. The zero-order chi connectivity index (χ0) is 21.1. The van der Waals surface area contributed by atoms with Crippen LogP contribution < -0.4 is 15.2 Å². The first-order valence-corrected chi connectivity index (χ1v) is 9.68. The highest BCUT2D eigenvalue weighted by atomic mass is 16.5. The molecule has 2 N–H and O–H groups in total. The molecule has 30 heavy (non-hydrogen) atoms. The second-order valence-corrected chi connectivity index (χ2v) is 7.10. The molecule has 2 heterocycles. The van der Waals surface area contributed by atoms with Gasteiger partial charge in [0.25, 0.3) is 0 Å². The van der Waals surface area contributed by atoms with Gasteiger partial charge in [-0.2, -0.15) is 0 Å². The highest BCUT2D eigenvalue weighted by Gasteiger charge is 2.17. The summed E-state index contributed by atoms with van der Waals surface area (Å²) in [5, 5.41) is 0. The van der Waals surface area contributed by atoms with Gasteiger partial charge in [0.1, 0.15) is 23.9 Å². The molecule has 0 unspecified atom stereocenters. The van der Waals surface area contributed by atoms with Crippen molar-refractivity contribution in [2.24, 2.45) is 0 Å². The zero-order valence-corrected chi connectivity index (χ0v) is 17.3. The van der Waals surface area contributed by atoms with Crippen LogP contribution in [0, 0.1) is 13.8 Å². The number of aryl methyl sites for hydroxylation is 2. The highest BCUT2D eigenvalue weighted by Crippen LogP contribution is 2.36. The van der Waals surface area contributed by atoms with Crippen molar-refractivity contribution in [3.05, 3.63) is 83.9 Å². The number of benzene rings is 2. The summed E-state index contributed by atoms with van der Waals surface area (Å²) in [5.74, 6) is 2.02. The first-order valence-electron chi connectivity index (χ1n) is 9.68. The Morgan fingerprint density at radius 3 is 2.60 bits per heavy atom. The van der Waals surface area contributed by atoms with Crippen molar-refractivity contribution in [1.82, 2.24) is 14.5 Å². The standard InChI is InChI=1S/C24H24N4O2/c1-16-13-26-10-9-20(16)24-27-17(2)14-28(24)21-11-19(12-22(29-3)23(21)25)30-15-18-7-5-4-6-8-18/h4-14H,15,25H2,1-3H3. The fraction of sp³-hybridized carbons (Fsp3) is 0.167. The van der Waals surface area contributed by atoms with Gasteiger partial charge < -0.3 is 15.2 Å². The zero-order valence-electron chi connectivity index (χ0n) is 17.3. The fourth-order valence-electron chi connectivity index (χ4n) is 3.38. The van der Waals surface area contributed by atoms with Gasteiger partial charge in [-0.05, 0) is 31.0 Å². The van der Waals surface area contributed by atoms with Gasteiger partial charge >= 0.3 is 0 Å². The molecule has 152 valence electrons. The van der Waals surface area contributed by atoms with Crippen LogP contribution in [-0.4, -0.2) is 21.6 Å². The molecule has 0 bridgehead atoms. The van der Waals surface area contributed by atoms with Crippen molar-refractivity contribution in [2.45, 2.75) is 20.5 Å². The molecule has 0 aliphatic heterocycles. The molecule has 0 amide bonds. The van der Waals surface area contributed by atoms with E-state index in [1.165, 1.54) is 0 Å². The molecule has 6 nitrogen and oxygen atoms in total. The lowest BCUT2D eigenvalue weighted by atomic mass is 10.1. The maximum Gasteiger partial charge on any atom is 0.147 e. The van der Waals surface area contributed by atoms with Crippen LogP contribution in [0.15, 0.2) is 67.1 Å². The van der Waals surface area contributed by atoms with E-state index >= 15 is 0 Å². The van der Waals surface area contributed by atoms with Gasteiger partial charge in [0.15, 0.2) is 0 Å². The van der Waals surface area contributed by atoms with E-state index < -0.39 is 0 Å². The lowest BCUT2D eigenvalue weighted by Gasteiger charge is -2.17. The minimum Gasteiger partial charge on any atom is -0.494 e. The Morgan fingerprint density at radius 2 is 1.87 bits per heavy atom. The lowest BCUT2D eigenvalue weighted by Crippen LogP contribution is -2.05. The SMILES string of the molecule is COc1cc(OCc2ccccc2)cc(-n2cc(C)nc2-c2ccncc2C)c1N. The molecular formula is C24H24N4O2. The molecular weight excluding hydrogens is 376 g/mol. The van der Waals surface area contributed by atoms with Crippen molar-refractivity contribution in [3.8, 4) is 28.6 Å². The number of imidazole rings is 1. The third-order valence-electron chi connectivity index (χ3n) is 4.91. The number of hydrogen-bond donors (Lipinski definition) is 1. The van der Waals surface area contributed by atoms with Gasteiger partial charge in [-0.25, -0.2) is 4.98 Å². The Balaban J connectivity index is 1.78. The Labute approximate surface area is 175 Å². The largest absolute Gasteiger partial charge is 0.494 e. The van der Waals surface area contributed by atoms with Crippen molar-refractivity contribution >= 4 is 5.69 Å². The minimum atomic E-state index is 0.451. The Hall–Kier alpha value is -3.80. The molecule has 0 aliphatic rings. The summed E-state index contributed by atoms with van der Waals surface area (Å²) < 4.78 is 13.6. The van der Waals surface area contributed by atoms with Crippen LogP contribution in [0.1, 0.15) is 16.8 Å². The second-order valence-electron chi connectivity index (χ2n) is 7.10. The maximum absolute atomic E-state index is 6.45. The number of hydrogen-bond acceptors (Lipinski definition) is 5. The lowest BCUT2D eigenvalue weighted by molar-refractivity contribution is 0.303. The smallest absolute Gasteiger partial charge is 0.147 e. The van der Waals surface area contributed by atoms with Gasteiger partial charge in [-0.1, -0.05) is 30.3 Å². The van der Waals surface area contributed by atoms with E-state index in [2.05, 4.69) is 4.98 Å². The molecule has 0 saturated heterocycles. The van der Waals surface area contributed by atoms with Crippen LogP contribution in [-0.2, 0) is 6.61 Å². The number of nitrogens with zero attached hydrogens (tertiary/aromatic N) is 3. The topological polar surface area (TPSA) is 75.2 Å². The predicted octanol–water partition coefficient (Wildman–Crippen LogP) is 4.72. The predicted molar refractivity (Wildman–Crippen MR) is 118 cm³/mol. The van der Waals surface area contributed by atoms with E-state index in [0.717, 1.165) is 33.9 Å². The number of anilines is 1. The number of pyridine rings is 1. The van der Waals surface area contributed by atoms with Crippen molar-refractivity contribution < 1.29 is 9.47 Å². The summed E-state index contributed by atoms with van der Waals surface area (Å²) >= 11 is 0. The summed E-state index contributed by atoms with van der Waals surface area (Å²) in [6.45, 7) is 4.42. The van der Waals surface area contributed by atoms with Gasteiger partial charge in [0.05, 0.1) is 24.2 Å². The van der Waals surface area contributed by atoms with Crippen LogP contribution in [0.25, 0.3) is 17.1 Å². The summed E-state index contributed by atoms with van der Waals surface area (Å²) in [7, 11) is 1.60. The second kappa shape index (κ2) is 8.29. The Bertz CT molecular complexity index is 1170.